The molecule has 1 aromatic carbocycles. The monoisotopic (exact) mass is 422 g/mol. The summed E-state index contributed by atoms with van der Waals surface area (Å²) in [7, 11) is 1.57. The van der Waals surface area contributed by atoms with Crippen molar-refractivity contribution in [1.29, 1.82) is 0 Å². The van der Waals surface area contributed by atoms with E-state index in [9.17, 15) is 0 Å². The van der Waals surface area contributed by atoms with E-state index in [0.29, 0.717) is 32.9 Å². The highest BCUT2D eigenvalue weighted by Gasteiger charge is 2.17. The number of nitrogens with zero attached hydrogens (tertiary/aromatic N) is 2. The van der Waals surface area contributed by atoms with E-state index in [2.05, 4.69) is 17.2 Å². The zero-order valence-corrected chi connectivity index (χ0v) is 17.4. The number of nitrogen functional groups attached to an aromatic ring is 1. The molecule has 2 heterocycles. The van der Waals surface area contributed by atoms with Crippen LogP contribution in [0.1, 0.15) is 6.92 Å². The van der Waals surface area contributed by atoms with Crippen LogP contribution in [0.15, 0.2) is 30.5 Å². The fourth-order valence-corrected chi connectivity index (χ4v) is 3.91. The van der Waals surface area contributed by atoms with Gasteiger partial charge in [-0.15, -0.1) is 0 Å². The van der Waals surface area contributed by atoms with Crippen molar-refractivity contribution in [2.75, 3.05) is 36.2 Å². The number of nitrogens with two attached hydrogens (primary N) is 1. The molecule has 0 amide bonds. The highest BCUT2D eigenvalue weighted by atomic mass is 35.5. The molecule has 0 saturated carbocycles. The van der Waals surface area contributed by atoms with E-state index < -0.39 is 0 Å². The van der Waals surface area contributed by atoms with Gasteiger partial charge in [0.2, 0.25) is 0 Å². The number of benzene rings is 1. The first-order valence-electron chi connectivity index (χ1n) is 8.45. The van der Waals surface area contributed by atoms with E-state index in [1.165, 1.54) is 0 Å². The summed E-state index contributed by atoms with van der Waals surface area (Å²) in [5.74, 6) is 3.76. The van der Waals surface area contributed by atoms with Gasteiger partial charge in [-0.1, -0.05) is 30.1 Å². The van der Waals surface area contributed by atoms with E-state index in [1.807, 2.05) is 23.9 Å². The Bertz CT molecular complexity index is 968. The van der Waals surface area contributed by atoms with Gasteiger partial charge in [0.25, 0.3) is 0 Å². The van der Waals surface area contributed by atoms with E-state index in [0.717, 1.165) is 34.6 Å². The van der Waals surface area contributed by atoms with Gasteiger partial charge in [-0.3, -0.25) is 0 Å². The van der Waals surface area contributed by atoms with Crippen LogP contribution in [-0.2, 0) is 0 Å². The first kappa shape index (κ1) is 19.9. The number of fused-ring (bicyclic) bond motifs is 1. The third kappa shape index (κ3) is 4.34. The van der Waals surface area contributed by atoms with Crippen molar-refractivity contribution in [3.63, 3.8) is 0 Å². The number of nitrogens with one attached hydrogen (secondary N) is 1. The Hall–Kier alpha value is -1.89. The Morgan fingerprint density at radius 3 is 2.81 bits per heavy atom. The predicted molar refractivity (Wildman–Crippen MR) is 117 cm³/mol. The minimum atomic E-state index is 0.424. The molecule has 3 aromatic rings. The van der Waals surface area contributed by atoms with Crippen molar-refractivity contribution in [2.24, 2.45) is 0 Å². The minimum absolute atomic E-state index is 0.424. The molecule has 0 aliphatic heterocycles. The number of thioether (sulfide) groups is 1. The number of aromatic nitrogens is 2. The number of hydrogen-bond donors (Lipinski definition) is 2. The van der Waals surface area contributed by atoms with Crippen LogP contribution >= 0.6 is 35.0 Å². The van der Waals surface area contributed by atoms with Crippen LogP contribution in [0.3, 0.4) is 0 Å². The van der Waals surface area contributed by atoms with Gasteiger partial charge in [-0.2, -0.15) is 11.8 Å². The Morgan fingerprint density at radius 1 is 1.26 bits per heavy atom. The summed E-state index contributed by atoms with van der Waals surface area (Å²) in [4.78, 5) is 8.98. The van der Waals surface area contributed by atoms with Crippen molar-refractivity contribution in [3.05, 3.63) is 40.5 Å². The molecule has 5 nitrogen and oxygen atoms in total. The molecule has 0 saturated heterocycles. The van der Waals surface area contributed by atoms with Crippen molar-refractivity contribution in [1.82, 2.24) is 9.97 Å². The van der Waals surface area contributed by atoms with Gasteiger partial charge in [0.05, 0.1) is 22.8 Å². The van der Waals surface area contributed by atoms with Crippen LogP contribution in [0.5, 0.6) is 5.75 Å². The van der Waals surface area contributed by atoms with E-state index >= 15 is 0 Å². The largest absolute Gasteiger partial charge is 0.495 e. The van der Waals surface area contributed by atoms with Gasteiger partial charge in [0.1, 0.15) is 17.4 Å². The molecule has 0 aliphatic rings. The van der Waals surface area contributed by atoms with Crippen molar-refractivity contribution < 1.29 is 4.74 Å². The molecule has 3 N–H and O–H groups in total. The third-order valence-electron chi connectivity index (χ3n) is 4.01. The molecular weight excluding hydrogens is 403 g/mol. The number of hydrogen-bond acceptors (Lipinski definition) is 6. The molecule has 27 heavy (non-hydrogen) atoms. The number of anilines is 2. The van der Waals surface area contributed by atoms with Gasteiger partial charge >= 0.3 is 0 Å². The van der Waals surface area contributed by atoms with Gasteiger partial charge in [0.15, 0.2) is 0 Å². The molecule has 8 heteroatoms. The van der Waals surface area contributed by atoms with Crippen molar-refractivity contribution >= 4 is 57.4 Å². The average molecular weight is 423 g/mol. The maximum Gasteiger partial charge on any atom is 0.138 e. The Balaban J connectivity index is 2.13. The lowest BCUT2D eigenvalue weighted by Crippen LogP contribution is -2.07. The molecule has 0 aliphatic carbocycles. The molecule has 0 unspecified atom stereocenters. The number of halogens is 2. The first-order valence-corrected chi connectivity index (χ1v) is 10.4. The minimum Gasteiger partial charge on any atom is -0.495 e. The summed E-state index contributed by atoms with van der Waals surface area (Å²) in [6, 6.07) is 7.20. The number of rotatable bonds is 7. The Morgan fingerprint density at radius 2 is 2.07 bits per heavy atom. The molecular formula is C19H20Cl2N4OS. The lowest BCUT2D eigenvalue weighted by Gasteiger charge is -2.14. The summed E-state index contributed by atoms with van der Waals surface area (Å²) in [5.41, 5.74) is 7.15. The first-order chi connectivity index (χ1) is 13.0. The molecule has 3 rings (SSSR count). The van der Waals surface area contributed by atoms with Gasteiger partial charge in [0, 0.05) is 34.8 Å². The summed E-state index contributed by atoms with van der Waals surface area (Å²) in [6.45, 7) is 2.92. The zero-order valence-electron chi connectivity index (χ0n) is 15.1. The predicted octanol–water partition coefficient (Wildman–Crippen LogP) is 5.36. The van der Waals surface area contributed by atoms with E-state index in [4.69, 9.17) is 38.7 Å². The van der Waals surface area contributed by atoms with Crippen molar-refractivity contribution in [3.8, 4) is 17.0 Å². The lowest BCUT2D eigenvalue weighted by molar-refractivity contribution is 0.415. The maximum atomic E-state index is 6.51. The van der Waals surface area contributed by atoms with Gasteiger partial charge in [-0.25, -0.2) is 9.97 Å². The van der Waals surface area contributed by atoms with Crippen LogP contribution < -0.4 is 15.8 Å². The topological polar surface area (TPSA) is 73.1 Å². The average Bonchev–Trinajstić information content (AvgIpc) is 2.65. The molecule has 2 aromatic heterocycles. The molecule has 0 fully saturated rings. The molecule has 142 valence electrons. The number of methoxy groups -OCH3 is 1. The second kappa shape index (κ2) is 8.87. The Labute approximate surface area is 172 Å². The highest BCUT2D eigenvalue weighted by molar-refractivity contribution is 7.99. The Kier molecular flexibility index (Phi) is 6.52. The second-order valence-corrected chi connectivity index (χ2v) is 7.93. The van der Waals surface area contributed by atoms with Crippen molar-refractivity contribution in [2.45, 2.75) is 6.92 Å². The molecule has 0 atom stereocenters. The summed E-state index contributed by atoms with van der Waals surface area (Å²) in [6.07, 6.45) is 1.73. The molecule has 0 bridgehead atoms. The van der Waals surface area contributed by atoms with Crippen LogP contribution in [0, 0.1) is 0 Å². The van der Waals surface area contributed by atoms with E-state index in [1.54, 1.807) is 25.4 Å². The number of ether oxygens (including phenoxy) is 1. The van der Waals surface area contributed by atoms with Crippen LogP contribution in [-0.4, -0.2) is 35.1 Å². The maximum absolute atomic E-state index is 6.51. The summed E-state index contributed by atoms with van der Waals surface area (Å²) in [5, 5.41) is 6.13. The zero-order chi connectivity index (χ0) is 19.4. The van der Waals surface area contributed by atoms with Crippen LogP contribution in [0.4, 0.5) is 11.6 Å². The third-order valence-corrected chi connectivity index (χ3v) is 5.60. The van der Waals surface area contributed by atoms with Gasteiger partial charge in [-0.05, 0) is 30.0 Å². The van der Waals surface area contributed by atoms with Crippen LogP contribution in [0.25, 0.3) is 22.0 Å². The summed E-state index contributed by atoms with van der Waals surface area (Å²) < 4.78 is 5.32. The molecule has 0 radical (unpaired) electrons. The normalized spacial score (nSPS) is 11.0. The van der Waals surface area contributed by atoms with Crippen LogP contribution in [0.2, 0.25) is 10.0 Å². The molecule has 0 spiro atoms. The fourth-order valence-electron chi connectivity index (χ4n) is 2.74. The van der Waals surface area contributed by atoms with E-state index in [-0.39, 0.29) is 0 Å². The second-order valence-electron chi connectivity index (χ2n) is 5.75. The summed E-state index contributed by atoms with van der Waals surface area (Å²) >= 11 is 14.8. The highest BCUT2D eigenvalue weighted by Crippen LogP contribution is 2.41. The SMILES string of the molecule is CCSCCNc1nc(-c2c(Cl)ccc(OC)c2Cl)cc2cnc(N)cc12. The smallest absolute Gasteiger partial charge is 0.138 e. The lowest BCUT2D eigenvalue weighted by atomic mass is 10.1. The fraction of sp³-hybridized carbons (Fsp3) is 0.263. The standard InChI is InChI=1S/C19H20Cl2N4OS/c1-3-27-7-6-23-19-12-9-16(22)24-10-11(12)8-14(25-19)17-13(20)4-5-15(26-2)18(17)21/h4-5,8-10H,3,6-7H2,1-2H3,(H2,22,24)(H,23,25). The van der Waals surface area contributed by atoms with Gasteiger partial charge < -0.3 is 15.8 Å². The number of pyridine rings is 2. The quantitative estimate of drug-likeness (QED) is 0.499.